The van der Waals surface area contributed by atoms with E-state index in [9.17, 15) is 4.21 Å². The predicted octanol–water partition coefficient (Wildman–Crippen LogP) is 3.19. The van der Waals surface area contributed by atoms with Crippen molar-refractivity contribution in [2.75, 3.05) is 11.6 Å². The molecular weight excluding hydrogens is 218 g/mol. The van der Waals surface area contributed by atoms with Gasteiger partial charge in [0, 0.05) is 33.7 Å². The highest BCUT2D eigenvalue weighted by molar-refractivity contribution is 7.84. The SMILES string of the molecule is C=CCC[C@H](C)Nc1ccc([S@](C)=O)cc1. The van der Waals surface area contributed by atoms with Gasteiger partial charge in [0.25, 0.3) is 0 Å². The normalized spacial score (nSPS) is 14.1. The molecule has 0 heterocycles. The van der Waals surface area contributed by atoms with Crippen molar-refractivity contribution in [2.45, 2.75) is 30.7 Å². The van der Waals surface area contributed by atoms with E-state index in [0.717, 1.165) is 23.4 Å². The fraction of sp³-hybridized carbons (Fsp3) is 0.385. The van der Waals surface area contributed by atoms with Crippen LogP contribution in [0.5, 0.6) is 0 Å². The third-order valence-corrected chi connectivity index (χ3v) is 3.34. The summed E-state index contributed by atoms with van der Waals surface area (Å²) in [6, 6.07) is 8.18. The Labute approximate surface area is 100 Å². The number of hydrogen-bond donors (Lipinski definition) is 1. The van der Waals surface area contributed by atoms with Gasteiger partial charge in [0.15, 0.2) is 0 Å². The fourth-order valence-corrected chi connectivity index (χ4v) is 1.99. The Morgan fingerprint density at radius 3 is 2.56 bits per heavy atom. The Morgan fingerprint density at radius 1 is 1.44 bits per heavy atom. The first kappa shape index (κ1) is 13.0. The van der Waals surface area contributed by atoms with Crippen LogP contribution >= 0.6 is 0 Å². The molecule has 2 nitrogen and oxygen atoms in total. The van der Waals surface area contributed by atoms with Crippen LogP contribution in [0.1, 0.15) is 19.8 Å². The van der Waals surface area contributed by atoms with Gasteiger partial charge in [-0.3, -0.25) is 4.21 Å². The number of rotatable bonds is 6. The van der Waals surface area contributed by atoms with Gasteiger partial charge in [-0.2, -0.15) is 0 Å². The zero-order valence-corrected chi connectivity index (χ0v) is 10.7. The van der Waals surface area contributed by atoms with Crippen molar-refractivity contribution >= 4 is 16.5 Å². The zero-order chi connectivity index (χ0) is 12.0. The van der Waals surface area contributed by atoms with Crippen LogP contribution in [0.2, 0.25) is 0 Å². The Balaban J connectivity index is 2.54. The lowest BCUT2D eigenvalue weighted by atomic mass is 10.1. The maximum absolute atomic E-state index is 11.2. The molecule has 1 aromatic rings. The lowest BCUT2D eigenvalue weighted by molar-refractivity contribution is 0.687. The number of benzene rings is 1. The Bertz CT molecular complexity index is 359. The smallest absolute Gasteiger partial charge is 0.0498 e. The second-order valence-corrected chi connectivity index (χ2v) is 5.27. The van der Waals surface area contributed by atoms with Crippen molar-refractivity contribution in [3.8, 4) is 0 Å². The second kappa shape index (κ2) is 6.48. The van der Waals surface area contributed by atoms with E-state index in [-0.39, 0.29) is 0 Å². The molecule has 0 aromatic heterocycles. The summed E-state index contributed by atoms with van der Waals surface area (Å²) >= 11 is 0. The van der Waals surface area contributed by atoms with Gasteiger partial charge in [0.1, 0.15) is 0 Å². The highest BCUT2D eigenvalue weighted by atomic mass is 32.2. The van der Waals surface area contributed by atoms with Crippen LogP contribution in [0.25, 0.3) is 0 Å². The van der Waals surface area contributed by atoms with Crippen LogP contribution < -0.4 is 5.32 Å². The predicted molar refractivity (Wildman–Crippen MR) is 71.3 cm³/mol. The van der Waals surface area contributed by atoms with Crippen molar-refractivity contribution in [1.82, 2.24) is 0 Å². The summed E-state index contributed by atoms with van der Waals surface area (Å²) in [5.74, 6) is 0. The summed E-state index contributed by atoms with van der Waals surface area (Å²) in [6.45, 7) is 5.86. The second-order valence-electron chi connectivity index (χ2n) is 3.89. The first-order chi connectivity index (χ1) is 7.63. The lowest BCUT2D eigenvalue weighted by Gasteiger charge is -2.14. The van der Waals surface area contributed by atoms with Crippen molar-refractivity contribution in [3.05, 3.63) is 36.9 Å². The average Bonchev–Trinajstić information content (AvgIpc) is 2.27. The summed E-state index contributed by atoms with van der Waals surface area (Å²) < 4.78 is 11.2. The van der Waals surface area contributed by atoms with Gasteiger partial charge in [-0.1, -0.05) is 6.08 Å². The van der Waals surface area contributed by atoms with E-state index in [0.29, 0.717) is 6.04 Å². The molecule has 3 heteroatoms. The van der Waals surface area contributed by atoms with Gasteiger partial charge in [-0.05, 0) is 44.0 Å². The van der Waals surface area contributed by atoms with Crippen LogP contribution in [0, 0.1) is 0 Å². The van der Waals surface area contributed by atoms with E-state index in [1.165, 1.54) is 0 Å². The maximum atomic E-state index is 11.2. The minimum atomic E-state index is -0.896. The molecule has 16 heavy (non-hydrogen) atoms. The van der Waals surface area contributed by atoms with Crippen LogP contribution in [-0.4, -0.2) is 16.5 Å². The molecular formula is C13H19NOS. The molecule has 0 aliphatic rings. The molecule has 1 N–H and O–H groups in total. The Kier molecular flexibility index (Phi) is 5.26. The lowest BCUT2D eigenvalue weighted by Crippen LogP contribution is -2.14. The third kappa shape index (κ3) is 4.19. The molecule has 2 atom stereocenters. The monoisotopic (exact) mass is 237 g/mol. The molecule has 88 valence electrons. The molecule has 0 aliphatic heterocycles. The van der Waals surface area contributed by atoms with E-state index in [2.05, 4.69) is 18.8 Å². The summed E-state index contributed by atoms with van der Waals surface area (Å²) in [6.07, 6.45) is 5.72. The zero-order valence-electron chi connectivity index (χ0n) is 9.90. The number of nitrogens with one attached hydrogen (secondary N) is 1. The Hall–Kier alpha value is -1.09. The Morgan fingerprint density at radius 2 is 2.06 bits per heavy atom. The molecule has 0 saturated heterocycles. The van der Waals surface area contributed by atoms with Gasteiger partial charge < -0.3 is 5.32 Å². The average molecular weight is 237 g/mol. The minimum Gasteiger partial charge on any atom is -0.383 e. The summed E-state index contributed by atoms with van der Waals surface area (Å²) in [5, 5.41) is 3.40. The largest absolute Gasteiger partial charge is 0.383 e. The van der Waals surface area contributed by atoms with Crippen molar-refractivity contribution in [1.29, 1.82) is 0 Å². The first-order valence-corrected chi connectivity index (χ1v) is 7.00. The van der Waals surface area contributed by atoms with Gasteiger partial charge in [-0.25, -0.2) is 0 Å². The van der Waals surface area contributed by atoms with Crippen LogP contribution in [0.15, 0.2) is 41.8 Å². The first-order valence-electron chi connectivity index (χ1n) is 5.44. The molecule has 0 saturated carbocycles. The number of anilines is 1. The van der Waals surface area contributed by atoms with Crippen LogP contribution in [0.3, 0.4) is 0 Å². The van der Waals surface area contributed by atoms with E-state index in [1.54, 1.807) is 6.26 Å². The molecule has 0 radical (unpaired) electrons. The van der Waals surface area contributed by atoms with Gasteiger partial charge in [0.05, 0.1) is 0 Å². The van der Waals surface area contributed by atoms with Gasteiger partial charge in [-0.15, -0.1) is 6.58 Å². The molecule has 0 aliphatic carbocycles. The third-order valence-electron chi connectivity index (χ3n) is 2.40. The van der Waals surface area contributed by atoms with Crippen molar-refractivity contribution < 1.29 is 4.21 Å². The molecule has 0 bridgehead atoms. The molecule has 0 unspecified atom stereocenters. The fourth-order valence-electron chi connectivity index (χ4n) is 1.47. The molecule has 1 rings (SSSR count). The van der Waals surface area contributed by atoms with Gasteiger partial charge in [0.2, 0.25) is 0 Å². The van der Waals surface area contributed by atoms with E-state index in [4.69, 9.17) is 0 Å². The summed E-state index contributed by atoms with van der Waals surface area (Å²) in [4.78, 5) is 0.865. The summed E-state index contributed by atoms with van der Waals surface area (Å²) in [7, 11) is -0.896. The quantitative estimate of drug-likeness (QED) is 0.770. The van der Waals surface area contributed by atoms with E-state index < -0.39 is 10.8 Å². The van der Waals surface area contributed by atoms with Crippen LogP contribution in [0.4, 0.5) is 5.69 Å². The molecule has 0 fully saturated rings. The number of hydrogen-bond acceptors (Lipinski definition) is 2. The van der Waals surface area contributed by atoms with E-state index in [1.807, 2.05) is 30.3 Å². The molecule has 0 amide bonds. The molecule has 0 spiro atoms. The minimum absolute atomic E-state index is 0.427. The standard InChI is InChI=1S/C13H19NOS/c1-4-5-6-11(2)14-12-7-9-13(10-8-12)16(3)15/h4,7-11,14H,1,5-6H2,2-3H3/t11-,16-/m0/s1. The highest BCUT2D eigenvalue weighted by Crippen LogP contribution is 2.14. The maximum Gasteiger partial charge on any atom is 0.0498 e. The van der Waals surface area contributed by atoms with E-state index >= 15 is 0 Å². The van der Waals surface area contributed by atoms with Crippen molar-refractivity contribution in [2.24, 2.45) is 0 Å². The summed E-state index contributed by atoms with van der Waals surface area (Å²) in [5.41, 5.74) is 1.07. The van der Waals surface area contributed by atoms with Crippen molar-refractivity contribution in [3.63, 3.8) is 0 Å². The van der Waals surface area contributed by atoms with Gasteiger partial charge >= 0.3 is 0 Å². The number of allylic oxidation sites excluding steroid dienone is 1. The van der Waals surface area contributed by atoms with Crippen LogP contribution in [-0.2, 0) is 10.8 Å². The topological polar surface area (TPSA) is 29.1 Å². The molecule has 1 aromatic carbocycles. The highest BCUT2D eigenvalue weighted by Gasteiger charge is 2.01.